The van der Waals surface area contributed by atoms with Crippen LogP contribution in [0.1, 0.15) is 26.7 Å². The molecular weight excluding hydrogens is 124 g/mol. The van der Waals surface area contributed by atoms with E-state index in [2.05, 4.69) is 19.9 Å². The number of rotatable bonds is 0. The van der Waals surface area contributed by atoms with Crippen molar-refractivity contribution in [3.63, 3.8) is 0 Å². The van der Waals surface area contributed by atoms with Gasteiger partial charge in [-0.05, 0) is 25.2 Å². The highest BCUT2D eigenvalue weighted by molar-refractivity contribution is 5.24. The Balaban J connectivity index is 2.24. The predicted molar refractivity (Wildman–Crippen MR) is 40.6 cm³/mol. The molecule has 2 aliphatic carbocycles. The first-order valence-electron chi connectivity index (χ1n) is 3.98. The number of allylic oxidation sites excluding steroid dienone is 1. The van der Waals surface area contributed by atoms with Gasteiger partial charge in [0.1, 0.15) is 0 Å². The summed E-state index contributed by atoms with van der Waals surface area (Å²) < 4.78 is 0. The minimum Gasteiger partial charge on any atom is -0.392 e. The van der Waals surface area contributed by atoms with Crippen LogP contribution in [0.25, 0.3) is 0 Å². The highest BCUT2D eigenvalue weighted by Crippen LogP contribution is 2.56. The Morgan fingerprint density at radius 1 is 1.70 bits per heavy atom. The second-order valence-electron chi connectivity index (χ2n) is 4.06. The van der Waals surface area contributed by atoms with Crippen molar-refractivity contribution in [3.05, 3.63) is 11.6 Å². The lowest BCUT2D eigenvalue weighted by atomic mass is 9.59. The van der Waals surface area contributed by atoms with Gasteiger partial charge in [-0.15, -0.1) is 0 Å². The van der Waals surface area contributed by atoms with Crippen LogP contribution in [0.15, 0.2) is 11.6 Å². The zero-order valence-corrected chi connectivity index (χ0v) is 6.59. The maximum atomic E-state index is 9.41. The molecule has 56 valence electrons. The number of hydrogen-bond donors (Lipinski definition) is 1. The van der Waals surface area contributed by atoms with Crippen LogP contribution in [0.4, 0.5) is 0 Å². The Bertz CT molecular complexity index is 195. The summed E-state index contributed by atoms with van der Waals surface area (Å²) in [5.74, 6) is 0.493. The molecule has 0 radical (unpaired) electrons. The minimum atomic E-state index is -0.0382. The van der Waals surface area contributed by atoms with Crippen molar-refractivity contribution in [3.8, 4) is 0 Å². The number of fused-ring (bicyclic) bond motifs is 1. The van der Waals surface area contributed by atoms with Gasteiger partial charge in [-0.25, -0.2) is 0 Å². The van der Waals surface area contributed by atoms with Crippen molar-refractivity contribution in [2.24, 2.45) is 11.3 Å². The molecule has 1 heteroatoms. The smallest absolute Gasteiger partial charge is 0.0616 e. The fraction of sp³-hybridized carbons (Fsp3) is 0.778. The van der Waals surface area contributed by atoms with E-state index in [9.17, 15) is 5.11 Å². The molecule has 10 heavy (non-hydrogen) atoms. The van der Waals surface area contributed by atoms with E-state index in [1.165, 1.54) is 12.0 Å². The molecule has 0 spiro atoms. The Labute approximate surface area is 61.8 Å². The molecule has 0 aromatic carbocycles. The Morgan fingerprint density at radius 3 is 2.80 bits per heavy atom. The maximum Gasteiger partial charge on any atom is 0.0616 e. The SMILES string of the molecule is CC1=CC[C@]2(C)C[C@H](O)C12. The third-order valence-corrected chi connectivity index (χ3v) is 3.19. The fourth-order valence-corrected chi connectivity index (χ4v) is 2.61. The van der Waals surface area contributed by atoms with E-state index in [1.807, 2.05) is 0 Å². The van der Waals surface area contributed by atoms with E-state index in [-0.39, 0.29) is 6.10 Å². The van der Waals surface area contributed by atoms with E-state index in [0.717, 1.165) is 6.42 Å². The van der Waals surface area contributed by atoms with Crippen molar-refractivity contribution in [2.75, 3.05) is 0 Å². The lowest BCUT2D eigenvalue weighted by Gasteiger charge is -2.48. The first-order valence-corrected chi connectivity index (χ1v) is 3.98. The van der Waals surface area contributed by atoms with Crippen LogP contribution in [-0.4, -0.2) is 11.2 Å². The first kappa shape index (κ1) is 6.41. The Morgan fingerprint density at radius 2 is 2.40 bits per heavy atom. The summed E-state index contributed by atoms with van der Waals surface area (Å²) in [5, 5.41) is 9.41. The van der Waals surface area contributed by atoms with Crippen molar-refractivity contribution < 1.29 is 5.11 Å². The summed E-state index contributed by atoms with van der Waals surface area (Å²) in [5.41, 5.74) is 1.84. The summed E-state index contributed by atoms with van der Waals surface area (Å²) in [7, 11) is 0. The number of hydrogen-bond acceptors (Lipinski definition) is 1. The third kappa shape index (κ3) is 0.567. The van der Waals surface area contributed by atoms with Crippen LogP contribution >= 0.6 is 0 Å². The first-order chi connectivity index (χ1) is 4.63. The lowest BCUT2D eigenvalue weighted by molar-refractivity contribution is -0.0655. The van der Waals surface area contributed by atoms with Crippen LogP contribution in [-0.2, 0) is 0 Å². The van der Waals surface area contributed by atoms with Gasteiger partial charge in [-0.1, -0.05) is 18.6 Å². The van der Waals surface area contributed by atoms with Crippen LogP contribution in [0.2, 0.25) is 0 Å². The Kier molecular flexibility index (Phi) is 1.06. The van der Waals surface area contributed by atoms with Crippen molar-refractivity contribution >= 4 is 0 Å². The van der Waals surface area contributed by atoms with Crippen molar-refractivity contribution in [1.82, 2.24) is 0 Å². The topological polar surface area (TPSA) is 20.2 Å². The molecular formula is C9H14O. The standard InChI is InChI=1S/C9H14O/c1-6-3-4-9(2)5-7(10)8(6)9/h3,7-8,10H,4-5H2,1-2H3/t7-,8?,9+/m0/s1. The molecule has 1 N–H and O–H groups in total. The lowest BCUT2D eigenvalue weighted by Crippen LogP contribution is -2.47. The molecule has 0 bridgehead atoms. The molecule has 3 atom stereocenters. The monoisotopic (exact) mass is 138 g/mol. The summed E-state index contributed by atoms with van der Waals surface area (Å²) >= 11 is 0. The number of aliphatic hydroxyl groups is 1. The molecule has 0 aromatic heterocycles. The number of aliphatic hydroxyl groups excluding tert-OH is 1. The van der Waals surface area contributed by atoms with Gasteiger partial charge in [0, 0.05) is 5.92 Å². The third-order valence-electron chi connectivity index (χ3n) is 3.19. The predicted octanol–water partition coefficient (Wildman–Crippen LogP) is 1.72. The van der Waals surface area contributed by atoms with Crippen molar-refractivity contribution in [1.29, 1.82) is 0 Å². The second kappa shape index (κ2) is 1.65. The van der Waals surface area contributed by atoms with E-state index in [4.69, 9.17) is 0 Å². The summed E-state index contributed by atoms with van der Waals surface area (Å²) in [6.45, 7) is 4.41. The Hall–Kier alpha value is -0.300. The zero-order valence-electron chi connectivity index (χ0n) is 6.59. The summed E-state index contributed by atoms with van der Waals surface area (Å²) in [6.07, 6.45) is 4.43. The van der Waals surface area contributed by atoms with Crippen LogP contribution in [0.3, 0.4) is 0 Å². The van der Waals surface area contributed by atoms with Gasteiger partial charge in [-0.2, -0.15) is 0 Å². The molecule has 1 unspecified atom stereocenters. The normalized spacial score (nSPS) is 51.7. The van der Waals surface area contributed by atoms with Crippen LogP contribution < -0.4 is 0 Å². The largest absolute Gasteiger partial charge is 0.392 e. The molecule has 0 saturated heterocycles. The quantitative estimate of drug-likeness (QED) is 0.505. The summed E-state index contributed by atoms with van der Waals surface area (Å²) in [6, 6.07) is 0. The van der Waals surface area contributed by atoms with Gasteiger partial charge in [-0.3, -0.25) is 0 Å². The molecule has 1 nitrogen and oxygen atoms in total. The van der Waals surface area contributed by atoms with Gasteiger partial charge in [0.25, 0.3) is 0 Å². The molecule has 0 heterocycles. The minimum absolute atomic E-state index is 0.0382. The molecule has 2 aliphatic rings. The van der Waals surface area contributed by atoms with Gasteiger partial charge in [0.05, 0.1) is 6.10 Å². The van der Waals surface area contributed by atoms with E-state index < -0.39 is 0 Å². The molecule has 2 rings (SSSR count). The highest BCUT2D eigenvalue weighted by atomic mass is 16.3. The zero-order chi connectivity index (χ0) is 7.35. The molecule has 0 aliphatic heterocycles. The maximum absolute atomic E-state index is 9.41. The van der Waals surface area contributed by atoms with Gasteiger partial charge in [0.2, 0.25) is 0 Å². The molecule has 1 fully saturated rings. The fourth-order valence-electron chi connectivity index (χ4n) is 2.61. The highest BCUT2D eigenvalue weighted by Gasteiger charge is 2.52. The second-order valence-corrected chi connectivity index (χ2v) is 4.06. The molecule has 1 saturated carbocycles. The molecule has 0 aromatic rings. The average Bonchev–Trinajstić information content (AvgIpc) is 2.03. The van der Waals surface area contributed by atoms with E-state index in [1.54, 1.807) is 0 Å². The van der Waals surface area contributed by atoms with Crippen LogP contribution in [0.5, 0.6) is 0 Å². The molecule has 0 amide bonds. The van der Waals surface area contributed by atoms with Gasteiger partial charge < -0.3 is 5.11 Å². The summed E-state index contributed by atoms with van der Waals surface area (Å²) in [4.78, 5) is 0. The van der Waals surface area contributed by atoms with Gasteiger partial charge >= 0.3 is 0 Å². The van der Waals surface area contributed by atoms with Gasteiger partial charge in [0.15, 0.2) is 0 Å². The average molecular weight is 138 g/mol. The van der Waals surface area contributed by atoms with Crippen LogP contribution in [0, 0.1) is 11.3 Å². The van der Waals surface area contributed by atoms with Crippen molar-refractivity contribution in [2.45, 2.75) is 32.8 Å². The van der Waals surface area contributed by atoms with E-state index >= 15 is 0 Å². The van der Waals surface area contributed by atoms with E-state index in [0.29, 0.717) is 11.3 Å².